The van der Waals surface area contributed by atoms with Gasteiger partial charge in [0, 0.05) is 17.7 Å². The second-order valence-electron chi connectivity index (χ2n) is 7.90. The van der Waals surface area contributed by atoms with Crippen LogP contribution in [0.25, 0.3) is 0 Å². The van der Waals surface area contributed by atoms with E-state index in [0.717, 1.165) is 24.8 Å². The first kappa shape index (κ1) is 23.0. The number of benzene rings is 2. The fourth-order valence-corrected chi connectivity index (χ4v) is 4.26. The van der Waals surface area contributed by atoms with Crippen LogP contribution in [-0.2, 0) is 28.0 Å². The number of rotatable bonds is 9. The third-order valence-electron chi connectivity index (χ3n) is 5.91. The second-order valence-corrected chi connectivity index (χ2v) is 7.90. The van der Waals surface area contributed by atoms with Crippen LogP contribution in [0.2, 0.25) is 0 Å². The van der Waals surface area contributed by atoms with E-state index in [-0.39, 0.29) is 19.1 Å². The Hall–Kier alpha value is -3.64. The molecule has 0 saturated carbocycles. The Balaban J connectivity index is 2.00. The Morgan fingerprint density at radius 3 is 2.38 bits per heavy atom. The molecular formula is C26H27N3O3. The molecule has 1 amide bonds. The molecule has 3 rings (SSSR count). The van der Waals surface area contributed by atoms with Crippen molar-refractivity contribution in [3.8, 4) is 12.1 Å². The van der Waals surface area contributed by atoms with Gasteiger partial charge in [0.25, 0.3) is 5.91 Å². The van der Waals surface area contributed by atoms with Crippen LogP contribution in [0.1, 0.15) is 60.2 Å². The van der Waals surface area contributed by atoms with E-state index in [1.807, 2.05) is 30.3 Å². The van der Waals surface area contributed by atoms with Gasteiger partial charge >= 0.3 is 5.97 Å². The third kappa shape index (κ3) is 4.09. The fraction of sp³-hybridized carbons (Fsp3) is 0.385. The van der Waals surface area contributed by atoms with Gasteiger partial charge in [-0.2, -0.15) is 10.5 Å². The molecule has 0 aromatic heterocycles. The number of carbonyl (C=O) groups is 2. The summed E-state index contributed by atoms with van der Waals surface area (Å²) in [6.07, 6.45) is 4.45. The molecule has 0 bridgehead atoms. The van der Waals surface area contributed by atoms with E-state index >= 15 is 0 Å². The minimum absolute atomic E-state index is 0.0770. The van der Waals surface area contributed by atoms with Gasteiger partial charge in [0.2, 0.25) is 0 Å². The minimum atomic E-state index is -1.76. The number of ether oxygens (including phenoxy) is 1. The SMILES string of the molecule is CCCCCc1ccc(CN2C(=O)c3ccccc3C2(C#N)C(C#N)C(=O)OCC)cc1. The number of esters is 1. The molecule has 1 aliphatic rings. The van der Waals surface area contributed by atoms with Crippen molar-refractivity contribution in [1.82, 2.24) is 4.90 Å². The summed E-state index contributed by atoms with van der Waals surface area (Å²) >= 11 is 0. The molecule has 1 aliphatic heterocycles. The third-order valence-corrected chi connectivity index (χ3v) is 5.91. The van der Waals surface area contributed by atoms with Gasteiger partial charge in [0.05, 0.1) is 18.7 Å². The fourth-order valence-electron chi connectivity index (χ4n) is 4.26. The maximum absolute atomic E-state index is 13.3. The predicted octanol–water partition coefficient (Wildman–Crippen LogP) is 4.50. The Bertz CT molecular complexity index is 1060. The number of fused-ring (bicyclic) bond motifs is 1. The van der Waals surface area contributed by atoms with E-state index in [1.54, 1.807) is 31.2 Å². The van der Waals surface area contributed by atoms with E-state index < -0.39 is 17.4 Å². The highest BCUT2D eigenvalue weighted by molar-refractivity contribution is 6.02. The number of aryl methyl sites for hydroxylation is 1. The molecule has 6 nitrogen and oxygen atoms in total. The number of hydrogen-bond donors (Lipinski definition) is 0. The lowest BCUT2D eigenvalue weighted by Crippen LogP contribution is -2.50. The Kier molecular flexibility index (Phi) is 7.28. The van der Waals surface area contributed by atoms with Crippen LogP contribution in [0.4, 0.5) is 0 Å². The lowest BCUT2D eigenvalue weighted by molar-refractivity contribution is -0.149. The Morgan fingerprint density at radius 2 is 1.75 bits per heavy atom. The standard InChI is InChI=1S/C26H27N3O3/c1-3-5-6-9-19-12-14-20(15-13-19)17-29-24(30)21-10-7-8-11-22(21)26(29,18-28)23(16-27)25(31)32-4-2/h7-8,10-15,23H,3-6,9,17H2,1-2H3. The normalized spacial score (nSPS) is 17.9. The van der Waals surface area contributed by atoms with Crippen molar-refractivity contribution >= 4 is 11.9 Å². The molecule has 2 aromatic rings. The van der Waals surface area contributed by atoms with Gasteiger partial charge in [-0.05, 0) is 37.0 Å². The Labute approximate surface area is 189 Å². The van der Waals surface area contributed by atoms with Crippen LogP contribution in [0.5, 0.6) is 0 Å². The van der Waals surface area contributed by atoms with Crippen molar-refractivity contribution in [2.75, 3.05) is 6.61 Å². The lowest BCUT2D eigenvalue weighted by Gasteiger charge is -2.35. The van der Waals surface area contributed by atoms with Crippen molar-refractivity contribution < 1.29 is 14.3 Å². The first-order chi connectivity index (χ1) is 15.5. The monoisotopic (exact) mass is 429 g/mol. The molecule has 0 radical (unpaired) electrons. The van der Waals surface area contributed by atoms with E-state index in [9.17, 15) is 20.1 Å². The smallest absolute Gasteiger partial charge is 0.327 e. The number of nitrogens with zero attached hydrogens (tertiary/aromatic N) is 3. The maximum atomic E-state index is 13.3. The zero-order valence-corrected chi connectivity index (χ0v) is 18.5. The molecule has 2 unspecified atom stereocenters. The van der Waals surface area contributed by atoms with E-state index in [2.05, 4.69) is 13.0 Å². The van der Waals surface area contributed by atoms with Crippen LogP contribution in [0, 0.1) is 28.6 Å². The van der Waals surface area contributed by atoms with Crippen LogP contribution in [0.3, 0.4) is 0 Å². The van der Waals surface area contributed by atoms with Crippen molar-refractivity contribution in [3.63, 3.8) is 0 Å². The second kappa shape index (κ2) is 10.1. The van der Waals surface area contributed by atoms with Gasteiger partial charge in [-0.25, -0.2) is 0 Å². The molecule has 2 aromatic carbocycles. The average molecular weight is 430 g/mol. The number of nitriles is 2. The molecule has 0 spiro atoms. The van der Waals surface area contributed by atoms with E-state index in [1.165, 1.54) is 16.9 Å². The number of hydrogen-bond acceptors (Lipinski definition) is 5. The highest BCUT2D eigenvalue weighted by Gasteiger charge is 2.58. The van der Waals surface area contributed by atoms with Crippen LogP contribution < -0.4 is 0 Å². The molecule has 1 heterocycles. The van der Waals surface area contributed by atoms with Gasteiger partial charge in [-0.15, -0.1) is 0 Å². The molecule has 0 fully saturated rings. The molecule has 2 atom stereocenters. The molecule has 0 aliphatic carbocycles. The van der Waals surface area contributed by atoms with E-state index in [4.69, 9.17) is 4.74 Å². The van der Waals surface area contributed by atoms with Crippen molar-refractivity contribution in [2.45, 2.75) is 51.6 Å². The predicted molar refractivity (Wildman–Crippen MR) is 119 cm³/mol. The van der Waals surface area contributed by atoms with Crippen molar-refractivity contribution in [2.24, 2.45) is 5.92 Å². The van der Waals surface area contributed by atoms with Crippen molar-refractivity contribution in [1.29, 1.82) is 10.5 Å². The van der Waals surface area contributed by atoms with Crippen LogP contribution in [-0.4, -0.2) is 23.4 Å². The van der Waals surface area contributed by atoms with Gasteiger partial charge in [-0.1, -0.05) is 62.2 Å². The molecular weight excluding hydrogens is 402 g/mol. The highest BCUT2D eigenvalue weighted by Crippen LogP contribution is 2.45. The van der Waals surface area contributed by atoms with Crippen LogP contribution in [0.15, 0.2) is 48.5 Å². The highest BCUT2D eigenvalue weighted by atomic mass is 16.5. The zero-order chi connectivity index (χ0) is 23.1. The van der Waals surface area contributed by atoms with Gasteiger partial charge in [0.1, 0.15) is 0 Å². The average Bonchev–Trinajstić information content (AvgIpc) is 3.04. The maximum Gasteiger partial charge on any atom is 0.327 e. The first-order valence-corrected chi connectivity index (χ1v) is 11.0. The summed E-state index contributed by atoms with van der Waals surface area (Å²) in [6, 6.07) is 18.7. The lowest BCUT2D eigenvalue weighted by atomic mass is 9.79. The summed E-state index contributed by atoms with van der Waals surface area (Å²) in [5, 5.41) is 20.2. The summed E-state index contributed by atoms with van der Waals surface area (Å²) in [6.45, 7) is 3.99. The molecule has 6 heteroatoms. The largest absolute Gasteiger partial charge is 0.465 e. The summed E-state index contributed by atoms with van der Waals surface area (Å²) in [7, 11) is 0. The minimum Gasteiger partial charge on any atom is -0.465 e. The number of amides is 1. The molecule has 0 N–H and O–H groups in total. The van der Waals surface area contributed by atoms with Gasteiger partial charge in [-0.3, -0.25) is 9.59 Å². The van der Waals surface area contributed by atoms with Gasteiger partial charge < -0.3 is 9.64 Å². The van der Waals surface area contributed by atoms with Gasteiger partial charge in [0.15, 0.2) is 11.5 Å². The summed E-state index contributed by atoms with van der Waals surface area (Å²) < 4.78 is 5.09. The van der Waals surface area contributed by atoms with E-state index in [0.29, 0.717) is 11.1 Å². The Morgan fingerprint density at radius 1 is 1.06 bits per heavy atom. The number of unbranched alkanes of at least 4 members (excludes halogenated alkanes) is 2. The van der Waals surface area contributed by atoms with Crippen molar-refractivity contribution in [3.05, 3.63) is 70.8 Å². The number of carbonyl (C=O) groups excluding carboxylic acids is 2. The summed E-state index contributed by atoms with van der Waals surface area (Å²) in [5.41, 5.74) is 0.976. The molecule has 164 valence electrons. The quantitative estimate of drug-likeness (QED) is 0.432. The zero-order valence-electron chi connectivity index (χ0n) is 18.5. The summed E-state index contributed by atoms with van der Waals surface area (Å²) in [5.74, 6) is -2.65. The first-order valence-electron chi connectivity index (χ1n) is 11.0. The van der Waals surface area contributed by atoms with Crippen LogP contribution >= 0.6 is 0 Å². The molecule has 0 saturated heterocycles. The summed E-state index contributed by atoms with van der Waals surface area (Å²) in [4.78, 5) is 27.3. The molecule has 32 heavy (non-hydrogen) atoms. The topological polar surface area (TPSA) is 94.2 Å².